The van der Waals surface area contributed by atoms with E-state index < -0.39 is 17.6 Å². The molecular formula is C11H7BrF4. The standard InChI is InChI=1S/C11H7BrF4/c12-6-2-1-3-8-4-5-9(10(13)7-8)11(14,15)16/h4-5,7H,2,6H2. The molecule has 0 amide bonds. The highest BCUT2D eigenvalue weighted by atomic mass is 79.9. The second-order valence-corrected chi connectivity index (χ2v) is 3.73. The van der Waals surface area contributed by atoms with Crippen LogP contribution in [0.1, 0.15) is 17.5 Å². The zero-order chi connectivity index (χ0) is 12.2. The largest absolute Gasteiger partial charge is 0.419 e. The molecule has 0 saturated carbocycles. The van der Waals surface area contributed by atoms with Crippen molar-refractivity contribution in [2.24, 2.45) is 0 Å². The van der Waals surface area contributed by atoms with E-state index in [0.29, 0.717) is 17.8 Å². The predicted molar refractivity (Wildman–Crippen MR) is 56.7 cm³/mol. The summed E-state index contributed by atoms with van der Waals surface area (Å²) in [6, 6.07) is 2.66. The topological polar surface area (TPSA) is 0 Å². The summed E-state index contributed by atoms with van der Waals surface area (Å²) in [5.74, 6) is 3.98. The number of benzene rings is 1. The van der Waals surface area contributed by atoms with Gasteiger partial charge in [0.25, 0.3) is 0 Å². The molecule has 16 heavy (non-hydrogen) atoms. The first-order valence-corrected chi connectivity index (χ1v) is 5.49. The van der Waals surface area contributed by atoms with Gasteiger partial charge in [-0.25, -0.2) is 4.39 Å². The fraction of sp³-hybridized carbons (Fsp3) is 0.273. The first-order valence-electron chi connectivity index (χ1n) is 4.36. The van der Waals surface area contributed by atoms with Crippen LogP contribution in [0.2, 0.25) is 0 Å². The summed E-state index contributed by atoms with van der Waals surface area (Å²) < 4.78 is 49.7. The van der Waals surface area contributed by atoms with Gasteiger partial charge >= 0.3 is 6.18 Å². The normalized spacial score (nSPS) is 10.8. The fourth-order valence-electron chi connectivity index (χ4n) is 1.03. The molecule has 0 aliphatic carbocycles. The molecule has 86 valence electrons. The van der Waals surface area contributed by atoms with Crippen molar-refractivity contribution in [1.29, 1.82) is 0 Å². The molecule has 0 aliphatic heterocycles. The van der Waals surface area contributed by atoms with Gasteiger partial charge in [0.1, 0.15) is 5.82 Å². The highest BCUT2D eigenvalue weighted by molar-refractivity contribution is 9.09. The maximum Gasteiger partial charge on any atom is 0.419 e. The van der Waals surface area contributed by atoms with Crippen LogP contribution in [0.4, 0.5) is 17.6 Å². The molecule has 0 N–H and O–H groups in total. The van der Waals surface area contributed by atoms with Gasteiger partial charge in [-0.1, -0.05) is 27.8 Å². The van der Waals surface area contributed by atoms with E-state index in [4.69, 9.17) is 0 Å². The van der Waals surface area contributed by atoms with Crippen LogP contribution in [0, 0.1) is 17.7 Å². The van der Waals surface area contributed by atoms with Gasteiger partial charge in [0, 0.05) is 17.3 Å². The molecule has 1 aromatic rings. The minimum atomic E-state index is -4.66. The Morgan fingerprint density at radius 3 is 2.44 bits per heavy atom. The summed E-state index contributed by atoms with van der Waals surface area (Å²) in [4.78, 5) is 0. The SMILES string of the molecule is Fc1cc(C#CCCBr)ccc1C(F)(F)F. The van der Waals surface area contributed by atoms with Crippen LogP contribution in [0.3, 0.4) is 0 Å². The Kier molecular flexibility index (Phi) is 4.36. The minimum Gasteiger partial charge on any atom is -0.206 e. The number of hydrogen-bond donors (Lipinski definition) is 0. The van der Waals surface area contributed by atoms with Crippen LogP contribution < -0.4 is 0 Å². The van der Waals surface area contributed by atoms with Gasteiger partial charge in [0.15, 0.2) is 0 Å². The smallest absolute Gasteiger partial charge is 0.206 e. The third kappa shape index (κ3) is 3.53. The molecule has 0 aliphatic rings. The molecule has 0 aromatic heterocycles. The highest BCUT2D eigenvalue weighted by Gasteiger charge is 2.33. The van der Waals surface area contributed by atoms with Crippen LogP contribution in [0.5, 0.6) is 0 Å². The van der Waals surface area contributed by atoms with Crippen molar-refractivity contribution < 1.29 is 17.6 Å². The van der Waals surface area contributed by atoms with E-state index in [1.807, 2.05) is 0 Å². The number of alkyl halides is 4. The van der Waals surface area contributed by atoms with E-state index >= 15 is 0 Å². The molecule has 0 unspecified atom stereocenters. The van der Waals surface area contributed by atoms with Gasteiger partial charge < -0.3 is 0 Å². The van der Waals surface area contributed by atoms with Gasteiger partial charge in [-0.05, 0) is 18.2 Å². The summed E-state index contributed by atoms with van der Waals surface area (Å²) in [5, 5.41) is 0.670. The minimum absolute atomic E-state index is 0.242. The van der Waals surface area contributed by atoms with Crippen molar-refractivity contribution in [3.63, 3.8) is 0 Å². The Morgan fingerprint density at radius 1 is 1.25 bits per heavy atom. The number of hydrogen-bond acceptors (Lipinski definition) is 0. The molecule has 0 atom stereocenters. The lowest BCUT2D eigenvalue weighted by Crippen LogP contribution is -2.07. The number of rotatable bonds is 1. The first kappa shape index (κ1) is 13.0. The summed E-state index contributed by atoms with van der Waals surface area (Å²) in [6.07, 6.45) is -4.10. The van der Waals surface area contributed by atoms with Crippen LogP contribution in [0.25, 0.3) is 0 Å². The molecule has 1 rings (SSSR count). The van der Waals surface area contributed by atoms with Crippen LogP contribution >= 0.6 is 15.9 Å². The Morgan fingerprint density at radius 2 is 1.94 bits per heavy atom. The molecule has 0 saturated heterocycles. The molecule has 5 heteroatoms. The van der Waals surface area contributed by atoms with Crippen molar-refractivity contribution >= 4 is 15.9 Å². The van der Waals surface area contributed by atoms with Gasteiger partial charge in [-0.2, -0.15) is 13.2 Å². The summed E-state index contributed by atoms with van der Waals surface area (Å²) in [5.41, 5.74) is -1.02. The summed E-state index contributed by atoms with van der Waals surface area (Å²) >= 11 is 3.15. The third-order valence-corrected chi connectivity index (χ3v) is 2.12. The molecular weight excluding hydrogens is 288 g/mol. The lowest BCUT2D eigenvalue weighted by Gasteiger charge is -2.07. The van der Waals surface area contributed by atoms with Crippen molar-refractivity contribution in [2.45, 2.75) is 12.6 Å². The zero-order valence-corrected chi connectivity index (χ0v) is 9.62. The Labute approximate surface area is 98.8 Å². The average molecular weight is 295 g/mol. The molecule has 0 fully saturated rings. The molecule has 1 aromatic carbocycles. The first-order chi connectivity index (χ1) is 7.45. The van der Waals surface area contributed by atoms with Crippen LogP contribution in [-0.2, 0) is 6.18 Å². The summed E-state index contributed by atoms with van der Waals surface area (Å²) in [6.45, 7) is 0. The monoisotopic (exact) mass is 294 g/mol. The van der Waals surface area contributed by atoms with E-state index in [2.05, 4.69) is 27.8 Å². The maximum absolute atomic E-state index is 13.1. The van der Waals surface area contributed by atoms with Gasteiger partial charge in [-0.15, -0.1) is 0 Å². The lowest BCUT2D eigenvalue weighted by atomic mass is 10.1. The Balaban J connectivity index is 2.97. The van der Waals surface area contributed by atoms with Crippen molar-refractivity contribution in [2.75, 3.05) is 5.33 Å². The third-order valence-electron chi connectivity index (χ3n) is 1.73. The number of halogens is 5. The fourth-order valence-corrected chi connectivity index (χ4v) is 1.23. The van der Waals surface area contributed by atoms with Crippen LogP contribution in [-0.4, -0.2) is 5.33 Å². The van der Waals surface area contributed by atoms with Crippen molar-refractivity contribution in [1.82, 2.24) is 0 Å². The van der Waals surface area contributed by atoms with Gasteiger partial charge in [0.2, 0.25) is 0 Å². The van der Waals surface area contributed by atoms with E-state index in [-0.39, 0.29) is 5.56 Å². The van der Waals surface area contributed by atoms with Gasteiger partial charge in [-0.3, -0.25) is 0 Å². The van der Waals surface area contributed by atoms with Crippen molar-refractivity contribution in [3.8, 4) is 11.8 Å². The zero-order valence-electron chi connectivity index (χ0n) is 8.04. The molecule has 0 bridgehead atoms. The molecule has 0 spiro atoms. The quantitative estimate of drug-likeness (QED) is 0.417. The highest BCUT2D eigenvalue weighted by Crippen LogP contribution is 2.31. The van der Waals surface area contributed by atoms with Crippen LogP contribution in [0.15, 0.2) is 18.2 Å². The predicted octanol–water partition coefficient (Wildman–Crippen LogP) is 3.98. The maximum atomic E-state index is 13.1. The Hall–Kier alpha value is -1.02. The molecule has 0 heterocycles. The molecule has 0 radical (unpaired) electrons. The van der Waals surface area contributed by atoms with Gasteiger partial charge in [0.05, 0.1) is 5.56 Å². The second-order valence-electron chi connectivity index (χ2n) is 2.93. The average Bonchev–Trinajstić information content (AvgIpc) is 2.16. The van der Waals surface area contributed by atoms with E-state index in [0.717, 1.165) is 12.1 Å². The Bertz CT molecular complexity index is 426. The van der Waals surface area contributed by atoms with E-state index in [1.165, 1.54) is 0 Å². The van der Waals surface area contributed by atoms with E-state index in [9.17, 15) is 17.6 Å². The van der Waals surface area contributed by atoms with E-state index in [1.54, 1.807) is 0 Å². The second kappa shape index (κ2) is 5.35. The van der Waals surface area contributed by atoms with Crippen molar-refractivity contribution in [3.05, 3.63) is 35.1 Å². The lowest BCUT2D eigenvalue weighted by molar-refractivity contribution is -0.140. The molecule has 0 nitrogen and oxygen atoms in total. The summed E-state index contributed by atoms with van der Waals surface area (Å²) in [7, 11) is 0.